The molecule has 1 amide bonds. The molecule has 24 heavy (non-hydrogen) atoms. The summed E-state index contributed by atoms with van der Waals surface area (Å²) in [7, 11) is 0. The van der Waals surface area contributed by atoms with E-state index in [1.807, 2.05) is 35.4 Å². The van der Waals surface area contributed by atoms with Crippen LogP contribution in [0.4, 0.5) is 0 Å². The van der Waals surface area contributed by atoms with E-state index < -0.39 is 0 Å². The smallest absolute Gasteiger partial charge is 0.254 e. The largest absolute Gasteiger partial charge is 0.342 e. The molecular formula is C19H21N3OS. The first kappa shape index (κ1) is 15.4. The molecule has 3 heterocycles. The van der Waals surface area contributed by atoms with Crippen LogP contribution in [0.5, 0.6) is 0 Å². The van der Waals surface area contributed by atoms with E-state index in [-0.39, 0.29) is 11.8 Å². The first-order chi connectivity index (χ1) is 11.6. The Morgan fingerprint density at radius 3 is 2.92 bits per heavy atom. The number of aromatic nitrogens is 2. The van der Waals surface area contributed by atoms with Crippen molar-refractivity contribution in [3.63, 3.8) is 0 Å². The van der Waals surface area contributed by atoms with Crippen LogP contribution >= 0.6 is 11.3 Å². The Balaban J connectivity index is 1.57. The Bertz CT molecular complexity index is 862. The van der Waals surface area contributed by atoms with Crippen LogP contribution < -0.4 is 0 Å². The fraction of sp³-hybridized carbons (Fsp3) is 0.368. The van der Waals surface area contributed by atoms with Gasteiger partial charge in [0, 0.05) is 29.3 Å². The number of nitrogens with zero attached hydrogens (tertiary/aromatic N) is 2. The molecule has 1 fully saturated rings. The third-order valence-corrected chi connectivity index (χ3v) is 6.03. The number of hydrogen-bond acceptors (Lipinski definition) is 3. The van der Waals surface area contributed by atoms with Crippen molar-refractivity contribution in [2.24, 2.45) is 0 Å². The number of para-hydroxylation sites is 2. The molecule has 1 aliphatic heterocycles. The number of nitrogens with one attached hydrogen (secondary N) is 1. The number of carbonyl (C=O) groups is 1. The Labute approximate surface area is 145 Å². The number of fused-ring (bicyclic) bond motifs is 1. The van der Waals surface area contributed by atoms with E-state index in [9.17, 15) is 4.79 Å². The zero-order valence-corrected chi connectivity index (χ0v) is 14.8. The lowest BCUT2D eigenvalue weighted by Crippen LogP contribution is -2.39. The van der Waals surface area contributed by atoms with Crippen LogP contribution in [0.15, 0.2) is 29.6 Å². The third kappa shape index (κ3) is 2.63. The Morgan fingerprint density at radius 1 is 1.33 bits per heavy atom. The lowest BCUT2D eigenvalue weighted by atomic mass is 9.96. The second kappa shape index (κ2) is 6.06. The number of carbonyl (C=O) groups excluding carboxylic acids is 1. The van der Waals surface area contributed by atoms with Crippen LogP contribution in [0.3, 0.4) is 0 Å². The third-order valence-electron chi connectivity index (χ3n) is 5.02. The minimum Gasteiger partial charge on any atom is -0.342 e. The van der Waals surface area contributed by atoms with E-state index in [4.69, 9.17) is 4.98 Å². The standard InChI is InChI=1S/C19H21N3OS/c1-12-13(2)24-11-15(12)19(23)22-9-5-6-14(10-22)18-20-16-7-3-4-8-17(16)21-18/h3-4,7-8,11,14H,5-6,9-10H2,1-2H3,(H,20,21). The van der Waals surface area contributed by atoms with E-state index in [0.717, 1.165) is 53.9 Å². The van der Waals surface area contributed by atoms with Gasteiger partial charge in [0.25, 0.3) is 5.91 Å². The number of amides is 1. The van der Waals surface area contributed by atoms with Crippen molar-refractivity contribution in [3.05, 3.63) is 51.5 Å². The molecule has 1 saturated heterocycles. The van der Waals surface area contributed by atoms with Gasteiger partial charge in [0.1, 0.15) is 5.82 Å². The van der Waals surface area contributed by atoms with Crippen LogP contribution in [0.25, 0.3) is 11.0 Å². The summed E-state index contributed by atoms with van der Waals surface area (Å²) in [5, 5.41) is 2.00. The lowest BCUT2D eigenvalue weighted by Gasteiger charge is -2.32. The number of imidazole rings is 1. The summed E-state index contributed by atoms with van der Waals surface area (Å²) in [6, 6.07) is 8.10. The molecule has 1 atom stereocenters. The molecule has 3 aromatic rings. The average molecular weight is 339 g/mol. The van der Waals surface area contributed by atoms with Gasteiger partial charge < -0.3 is 9.88 Å². The summed E-state index contributed by atoms with van der Waals surface area (Å²) in [4.78, 5) is 24.3. The molecule has 1 N–H and O–H groups in total. The van der Waals surface area contributed by atoms with Crippen molar-refractivity contribution in [2.75, 3.05) is 13.1 Å². The van der Waals surface area contributed by atoms with Crippen molar-refractivity contribution < 1.29 is 4.79 Å². The predicted octanol–water partition coefficient (Wildman–Crippen LogP) is 4.26. The number of likely N-dealkylation sites (tertiary alicyclic amines) is 1. The summed E-state index contributed by atoms with van der Waals surface area (Å²) in [6.07, 6.45) is 2.10. The molecule has 124 valence electrons. The average Bonchev–Trinajstić information content (AvgIpc) is 3.19. The van der Waals surface area contributed by atoms with E-state index in [2.05, 4.69) is 18.0 Å². The van der Waals surface area contributed by atoms with Gasteiger partial charge in [0.2, 0.25) is 0 Å². The Morgan fingerprint density at radius 2 is 2.17 bits per heavy atom. The minimum atomic E-state index is 0.165. The van der Waals surface area contributed by atoms with E-state index >= 15 is 0 Å². The van der Waals surface area contributed by atoms with Gasteiger partial charge in [0.15, 0.2) is 0 Å². The zero-order valence-electron chi connectivity index (χ0n) is 14.0. The summed E-state index contributed by atoms with van der Waals surface area (Å²) in [5.74, 6) is 1.46. The SMILES string of the molecule is Cc1scc(C(=O)N2CCCC(c3nc4ccccc4[nH]3)C2)c1C. The number of aromatic amines is 1. The number of H-pyrrole nitrogens is 1. The van der Waals surface area contributed by atoms with Crippen LogP contribution in [-0.4, -0.2) is 33.9 Å². The molecule has 4 rings (SSSR count). The Hall–Kier alpha value is -2.14. The molecule has 1 aliphatic rings. The normalized spacial score (nSPS) is 18.2. The van der Waals surface area contributed by atoms with Crippen molar-refractivity contribution >= 4 is 28.3 Å². The molecule has 0 aliphatic carbocycles. The van der Waals surface area contributed by atoms with Gasteiger partial charge in [-0.15, -0.1) is 11.3 Å². The molecule has 0 bridgehead atoms. The number of hydrogen-bond donors (Lipinski definition) is 1. The van der Waals surface area contributed by atoms with Gasteiger partial charge in [-0.1, -0.05) is 12.1 Å². The fourth-order valence-electron chi connectivity index (χ4n) is 3.45. The molecule has 1 unspecified atom stereocenters. The first-order valence-electron chi connectivity index (χ1n) is 8.42. The minimum absolute atomic E-state index is 0.165. The number of aryl methyl sites for hydroxylation is 1. The van der Waals surface area contributed by atoms with E-state index in [0.29, 0.717) is 0 Å². The monoisotopic (exact) mass is 339 g/mol. The molecule has 0 radical (unpaired) electrons. The molecule has 2 aromatic heterocycles. The first-order valence-corrected chi connectivity index (χ1v) is 9.30. The highest BCUT2D eigenvalue weighted by molar-refractivity contribution is 7.10. The summed E-state index contributed by atoms with van der Waals surface area (Å²) >= 11 is 1.66. The summed E-state index contributed by atoms with van der Waals surface area (Å²) in [5.41, 5.74) is 4.05. The molecule has 0 spiro atoms. The fourth-order valence-corrected chi connectivity index (χ4v) is 4.30. The Kier molecular flexibility index (Phi) is 3.88. The molecule has 0 saturated carbocycles. The number of benzene rings is 1. The predicted molar refractivity (Wildman–Crippen MR) is 97.8 cm³/mol. The highest BCUT2D eigenvalue weighted by atomic mass is 32.1. The van der Waals surface area contributed by atoms with Crippen LogP contribution in [0.1, 0.15) is 45.4 Å². The van der Waals surface area contributed by atoms with Gasteiger partial charge in [0.05, 0.1) is 16.6 Å². The van der Waals surface area contributed by atoms with Crippen molar-refractivity contribution in [1.29, 1.82) is 0 Å². The quantitative estimate of drug-likeness (QED) is 0.758. The van der Waals surface area contributed by atoms with Gasteiger partial charge in [-0.25, -0.2) is 4.98 Å². The second-order valence-electron chi connectivity index (χ2n) is 6.56. The summed E-state index contributed by atoms with van der Waals surface area (Å²) < 4.78 is 0. The maximum absolute atomic E-state index is 12.9. The van der Waals surface area contributed by atoms with Gasteiger partial charge in [-0.05, 0) is 44.4 Å². The van der Waals surface area contributed by atoms with Crippen molar-refractivity contribution in [2.45, 2.75) is 32.6 Å². The maximum atomic E-state index is 12.9. The number of thiophene rings is 1. The van der Waals surface area contributed by atoms with E-state index in [1.165, 1.54) is 4.88 Å². The lowest BCUT2D eigenvalue weighted by molar-refractivity contribution is 0.0704. The van der Waals surface area contributed by atoms with Gasteiger partial charge in [-0.2, -0.15) is 0 Å². The highest BCUT2D eigenvalue weighted by Gasteiger charge is 2.28. The maximum Gasteiger partial charge on any atom is 0.254 e. The van der Waals surface area contributed by atoms with Crippen LogP contribution in [0, 0.1) is 13.8 Å². The van der Waals surface area contributed by atoms with Gasteiger partial charge in [-0.3, -0.25) is 4.79 Å². The number of piperidine rings is 1. The van der Waals surface area contributed by atoms with Crippen LogP contribution in [-0.2, 0) is 0 Å². The topological polar surface area (TPSA) is 49.0 Å². The van der Waals surface area contributed by atoms with Crippen molar-refractivity contribution in [3.8, 4) is 0 Å². The zero-order chi connectivity index (χ0) is 16.7. The van der Waals surface area contributed by atoms with Crippen LogP contribution in [0.2, 0.25) is 0 Å². The van der Waals surface area contributed by atoms with E-state index in [1.54, 1.807) is 11.3 Å². The highest BCUT2D eigenvalue weighted by Crippen LogP contribution is 2.29. The molecule has 1 aromatic carbocycles. The van der Waals surface area contributed by atoms with Crippen molar-refractivity contribution in [1.82, 2.24) is 14.9 Å². The van der Waals surface area contributed by atoms with Gasteiger partial charge >= 0.3 is 0 Å². The second-order valence-corrected chi connectivity index (χ2v) is 7.64. The molecule has 5 heteroatoms. The number of rotatable bonds is 2. The molecule has 4 nitrogen and oxygen atoms in total. The summed E-state index contributed by atoms with van der Waals surface area (Å²) in [6.45, 7) is 5.70. The molecular weight excluding hydrogens is 318 g/mol.